The van der Waals surface area contributed by atoms with Crippen molar-refractivity contribution in [2.45, 2.75) is 32.2 Å². The van der Waals surface area contributed by atoms with E-state index in [-0.39, 0.29) is 12.5 Å². The summed E-state index contributed by atoms with van der Waals surface area (Å²) in [5.74, 6) is 0.851. The van der Waals surface area contributed by atoms with Gasteiger partial charge < -0.3 is 20.9 Å². The maximum Gasteiger partial charge on any atom is 0.244 e. The minimum absolute atomic E-state index is 0.110. The van der Waals surface area contributed by atoms with E-state index in [1.807, 2.05) is 27.5 Å². The van der Waals surface area contributed by atoms with E-state index in [9.17, 15) is 4.79 Å². The minimum Gasteiger partial charge on any atom is -0.382 e. The van der Waals surface area contributed by atoms with Crippen LogP contribution in [0.2, 0.25) is 0 Å². The fourth-order valence-corrected chi connectivity index (χ4v) is 5.19. The highest BCUT2D eigenvalue weighted by atomic mass is 127. The number of rotatable bonds is 6. The molecule has 0 saturated carbocycles. The zero-order valence-electron chi connectivity index (χ0n) is 19.1. The number of benzene rings is 2. The fraction of sp³-hybridized carbons (Fsp3) is 0.346. The van der Waals surface area contributed by atoms with E-state index in [2.05, 4.69) is 68.7 Å². The number of carbonyl (C=O) groups excluding carboxylic acids is 1. The summed E-state index contributed by atoms with van der Waals surface area (Å²) < 4.78 is 0.560. The molecule has 3 heterocycles. The smallest absolute Gasteiger partial charge is 0.244 e. The number of nitrogens with one attached hydrogen (secondary N) is 1. The Morgan fingerprint density at radius 2 is 1.56 bits per heavy atom. The van der Waals surface area contributed by atoms with Crippen LogP contribution in [0.4, 0.5) is 17.3 Å². The third kappa shape index (κ3) is 5.33. The number of carbonyl (C=O) groups is 1. The van der Waals surface area contributed by atoms with Gasteiger partial charge in [0.25, 0.3) is 0 Å². The van der Waals surface area contributed by atoms with Crippen LogP contribution in [0.3, 0.4) is 0 Å². The maximum atomic E-state index is 12.2. The van der Waals surface area contributed by atoms with Gasteiger partial charge in [-0.2, -0.15) is 0 Å². The molecule has 1 amide bonds. The van der Waals surface area contributed by atoms with Crippen molar-refractivity contribution in [1.82, 2.24) is 14.9 Å². The second kappa shape index (κ2) is 10.3. The van der Waals surface area contributed by atoms with Crippen molar-refractivity contribution in [3.05, 3.63) is 63.5 Å². The molecule has 0 bridgehead atoms. The SMILES string of the molecule is Nc1nc(I)nc2c1NC(=O)CN2Cc1ccc(-c2ccc(CCN3CCCCC3)cc2)cc1. The maximum absolute atomic E-state index is 12.2. The largest absolute Gasteiger partial charge is 0.382 e. The van der Waals surface area contributed by atoms with E-state index in [0.29, 0.717) is 27.7 Å². The lowest BCUT2D eigenvalue weighted by Gasteiger charge is -2.30. The van der Waals surface area contributed by atoms with E-state index in [0.717, 1.165) is 18.5 Å². The summed E-state index contributed by atoms with van der Waals surface area (Å²) in [5.41, 5.74) is 11.4. The summed E-state index contributed by atoms with van der Waals surface area (Å²) in [6.07, 6.45) is 5.17. The normalized spacial score (nSPS) is 16.3. The van der Waals surface area contributed by atoms with Crippen LogP contribution in [-0.4, -0.2) is 47.0 Å². The minimum atomic E-state index is -0.110. The van der Waals surface area contributed by atoms with Gasteiger partial charge in [0.15, 0.2) is 15.5 Å². The van der Waals surface area contributed by atoms with Gasteiger partial charge in [0.2, 0.25) is 5.91 Å². The van der Waals surface area contributed by atoms with Gasteiger partial charge >= 0.3 is 0 Å². The molecule has 1 fully saturated rings. The summed E-state index contributed by atoms with van der Waals surface area (Å²) in [6.45, 7) is 4.46. The van der Waals surface area contributed by atoms with Crippen molar-refractivity contribution < 1.29 is 4.79 Å². The van der Waals surface area contributed by atoms with Crippen LogP contribution in [0.5, 0.6) is 0 Å². The van der Waals surface area contributed by atoms with Gasteiger partial charge in [0, 0.05) is 35.7 Å². The fourth-order valence-electron chi connectivity index (χ4n) is 4.70. The number of amides is 1. The highest BCUT2D eigenvalue weighted by Gasteiger charge is 2.26. The molecule has 2 aliphatic rings. The number of anilines is 3. The Labute approximate surface area is 213 Å². The van der Waals surface area contributed by atoms with E-state index in [1.54, 1.807) is 0 Å². The molecule has 5 rings (SSSR count). The monoisotopic (exact) mass is 568 g/mol. The van der Waals surface area contributed by atoms with Gasteiger partial charge in [0.05, 0.1) is 6.54 Å². The number of nitrogens with zero attached hydrogens (tertiary/aromatic N) is 4. The molecule has 0 unspecified atom stereocenters. The molecule has 0 atom stereocenters. The van der Waals surface area contributed by atoms with Crippen molar-refractivity contribution in [2.24, 2.45) is 0 Å². The van der Waals surface area contributed by atoms with Gasteiger partial charge in [-0.1, -0.05) is 55.0 Å². The zero-order chi connectivity index (χ0) is 23.5. The van der Waals surface area contributed by atoms with Crippen LogP contribution >= 0.6 is 22.6 Å². The molecule has 0 spiro atoms. The average Bonchev–Trinajstić information content (AvgIpc) is 2.85. The molecule has 8 heteroatoms. The number of fused-ring (bicyclic) bond motifs is 1. The Morgan fingerprint density at radius 1 is 0.912 bits per heavy atom. The van der Waals surface area contributed by atoms with Crippen LogP contribution in [0.15, 0.2) is 48.5 Å². The summed E-state index contributed by atoms with van der Waals surface area (Å²) in [5, 5.41) is 2.80. The van der Waals surface area contributed by atoms with E-state index >= 15 is 0 Å². The summed E-state index contributed by atoms with van der Waals surface area (Å²) in [6, 6.07) is 17.4. The van der Waals surface area contributed by atoms with Crippen LogP contribution in [-0.2, 0) is 17.8 Å². The molecule has 1 saturated heterocycles. The van der Waals surface area contributed by atoms with Gasteiger partial charge in [-0.15, -0.1) is 0 Å². The van der Waals surface area contributed by atoms with E-state index in [1.165, 1.54) is 49.0 Å². The topological polar surface area (TPSA) is 87.4 Å². The van der Waals surface area contributed by atoms with Gasteiger partial charge in [0.1, 0.15) is 5.69 Å². The Bertz CT molecular complexity index is 1160. The average molecular weight is 568 g/mol. The number of hydrogen-bond donors (Lipinski definition) is 2. The molecule has 3 N–H and O–H groups in total. The Kier molecular flexibility index (Phi) is 6.96. The number of hydrogen-bond acceptors (Lipinski definition) is 6. The first-order valence-corrected chi connectivity index (χ1v) is 12.9. The number of nitrogen functional groups attached to an aromatic ring is 1. The summed E-state index contributed by atoms with van der Waals surface area (Å²) in [4.78, 5) is 25.4. The number of aromatic nitrogens is 2. The van der Waals surface area contributed by atoms with Crippen molar-refractivity contribution in [1.29, 1.82) is 0 Å². The molecule has 7 nitrogen and oxygen atoms in total. The predicted molar refractivity (Wildman–Crippen MR) is 145 cm³/mol. The second-order valence-electron chi connectivity index (χ2n) is 9.03. The van der Waals surface area contributed by atoms with Crippen LogP contribution in [0.1, 0.15) is 30.4 Å². The predicted octanol–water partition coefficient (Wildman–Crippen LogP) is 4.32. The van der Waals surface area contributed by atoms with Gasteiger partial charge in [-0.25, -0.2) is 9.97 Å². The van der Waals surface area contributed by atoms with Crippen molar-refractivity contribution in [3.8, 4) is 11.1 Å². The number of piperidine rings is 1. The van der Waals surface area contributed by atoms with Crippen molar-refractivity contribution in [3.63, 3.8) is 0 Å². The molecular formula is C26H29IN6O. The zero-order valence-corrected chi connectivity index (χ0v) is 21.3. The van der Waals surface area contributed by atoms with E-state index < -0.39 is 0 Å². The van der Waals surface area contributed by atoms with Gasteiger partial charge in [-0.05, 0) is 54.6 Å². The molecule has 34 heavy (non-hydrogen) atoms. The Morgan fingerprint density at radius 3 is 2.24 bits per heavy atom. The third-order valence-electron chi connectivity index (χ3n) is 6.57. The summed E-state index contributed by atoms with van der Waals surface area (Å²) >= 11 is 2.04. The quantitative estimate of drug-likeness (QED) is 0.341. The lowest BCUT2D eigenvalue weighted by molar-refractivity contribution is -0.115. The Hall–Kier alpha value is -2.72. The van der Waals surface area contributed by atoms with Crippen LogP contribution in [0.25, 0.3) is 11.1 Å². The Balaban J connectivity index is 1.24. The number of halogens is 1. The van der Waals surface area contributed by atoms with Crippen molar-refractivity contribution >= 4 is 45.8 Å². The number of nitrogens with two attached hydrogens (primary N) is 1. The first-order valence-electron chi connectivity index (χ1n) is 11.8. The highest BCUT2D eigenvalue weighted by Crippen LogP contribution is 2.33. The molecule has 1 aromatic heterocycles. The standard InChI is InChI=1S/C26H29IN6O/c27-26-30-24(28)23-25(31-26)33(17-22(34)29-23)16-19-6-10-21(11-7-19)20-8-4-18(5-9-20)12-15-32-13-2-1-3-14-32/h4-11H,1-3,12-17H2,(H,29,34)(H2,28,30,31). The van der Waals surface area contributed by atoms with Gasteiger partial charge in [-0.3, -0.25) is 4.79 Å². The molecule has 0 aliphatic carbocycles. The number of likely N-dealkylation sites (tertiary alicyclic amines) is 1. The molecule has 3 aromatic rings. The molecular weight excluding hydrogens is 539 g/mol. The lowest BCUT2D eigenvalue weighted by atomic mass is 10.0. The first kappa shape index (κ1) is 23.0. The highest BCUT2D eigenvalue weighted by molar-refractivity contribution is 14.1. The first-order chi connectivity index (χ1) is 16.5. The molecule has 2 aliphatic heterocycles. The summed E-state index contributed by atoms with van der Waals surface area (Å²) in [7, 11) is 0. The molecule has 0 radical (unpaired) electrons. The van der Waals surface area contributed by atoms with Crippen LogP contribution in [0, 0.1) is 3.83 Å². The second-order valence-corrected chi connectivity index (χ2v) is 9.99. The van der Waals surface area contributed by atoms with Crippen molar-refractivity contribution in [2.75, 3.05) is 42.1 Å². The van der Waals surface area contributed by atoms with E-state index in [4.69, 9.17) is 5.73 Å². The molecule has 2 aromatic carbocycles. The van der Waals surface area contributed by atoms with Crippen LogP contribution < -0.4 is 16.0 Å². The third-order valence-corrected chi connectivity index (χ3v) is 7.05. The molecule has 176 valence electrons. The lowest BCUT2D eigenvalue weighted by Crippen LogP contribution is -2.39.